The summed E-state index contributed by atoms with van der Waals surface area (Å²) >= 11 is 0. The number of hydroxylamine groups is 2. The molecule has 1 aromatic rings. The molecule has 3 rings (SSSR count). The highest BCUT2D eigenvalue weighted by atomic mass is 16.7. The summed E-state index contributed by atoms with van der Waals surface area (Å²) in [4.78, 5) is 11.6. The van der Waals surface area contributed by atoms with Crippen molar-refractivity contribution in [1.82, 2.24) is 5.06 Å². The van der Waals surface area contributed by atoms with E-state index in [0.717, 1.165) is 10.6 Å². The van der Waals surface area contributed by atoms with Crippen molar-refractivity contribution < 1.29 is 24.2 Å². The lowest BCUT2D eigenvalue weighted by molar-refractivity contribution is -0.114. The number of allylic oxidation sites excluding steroid dienone is 4. The van der Waals surface area contributed by atoms with Gasteiger partial charge in [0.25, 0.3) is 0 Å². The van der Waals surface area contributed by atoms with Gasteiger partial charge < -0.3 is 14.2 Å². The SMILES string of the molecule is CCOC1=CC(=CN(O)Cc2ccc3c(c2)OCO3)C=CC1=O. The standard InChI is InChI=1S/C17H17NO5/c1-2-21-16-7-12(3-5-14(16)19)9-18(20)10-13-4-6-15-17(8-13)23-11-22-15/h3-9,20H,2,10-11H2,1H3. The first kappa shape index (κ1) is 15.2. The van der Waals surface area contributed by atoms with Gasteiger partial charge in [0, 0.05) is 6.20 Å². The molecule has 1 heterocycles. The maximum absolute atomic E-state index is 11.6. The van der Waals surface area contributed by atoms with Gasteiger partial charge in [-0.05, 0) is 48.4 Å². The van der Waals surface area contributed by atoms with E-state index in [-0.39, 0.29) is 24.9 Å². The molecular formula is C17H17NO5. The first-order chi connectivity index (χ1) is 11.2. The Hall–Kier alpha value is -2.73. The number of nitrogens with zero attached hydrogens (tertiary/aromatic N) is 1. The molecule has 0 aromatic heterocycles. The summed E-state index contributed by atoms with van der Waals surface area (Å²) in [6.07, 6.45) is 6.19. The van der Waals surface area contributed by atoms with Crippen LogP contribution in [-0.4, -0.2) is 29.5 Å². The van der Waals surface area contributed by atoms with E-state index in [4.69, 9.17) is 14.2 Å². The summed E-state index contributed by atoms with van der Waals surface area (Å²) in [7, 11) is 0. The molecule has 0 atom stereocenters. The van der Waals surface area contributed by atoms with Crippen LogP contribution < -0.4 is 9.47 Å². The number of ether oxygens (including phenoxy) is 3. The van der Waals surface area contributed by atoms with E-state index in [2.05, 4.69) is 0 Å². The molecule has 0 spiro atoms. The molecule has 0 bridgehead atoms. The Morgan fingerprint density at radius 3 is 2.96 bits per heavy atom. The third-order valence-electron chi connectivity index (χ3n) is 3.35. The number of carbonyl (C=O) groups is 1. The van der Waals surface area contributed by atoms with Crippen LogP contribution in [0.5, 0.6) is 11.5 Å². The topological polar surface area (TPSA) is 68.2 Å². The summed E-state index contributed by atoms with van der Waals surface area (Å²) in [5.41, 5.74) is 1.55. The van der Waals surface area contributed by atoms with Gasteiger partial charge in [-0.2, -0.15) is 0 Å². The third-order valence-corrected chi connectivity index (χ3v) is 3.35. The number of carbonyl (C=O) groups excluding carboxylic acids is 1. The monoisotopic (exact) mass is 315 g/mol. The van der Waals surface area contributed by atoms with E-state index in [1.54, 1.807) is 12.2 Å². The van der Waals surface area contributed by atoms with Gasteiger partial charge in [-0.25, -0.2) is 0 Å². The molecule has 1 aliphatic carbocycles. The van der Waals surface area contributed by atoms with Gasteiger partial charge in [-0.3, -0.25) is 15.1 Å². The zero-order chi connectivity index (χ0) is 16.2. The summed E-state index contributed by atoms with van der Waals surface area (Å²) in [6.45, 7) is 2.72. The Morgan fingerprint density at radius 2 is 2.13 bits per heavy atom. The normalized spacial score (nSPS) is 17.4. The smallest absolute Gasteiger partial charge is 0.231 e. The fourth-order valence-electron chi connectivity index (χ4n) is 2.32. The van der Waals surface area contributed by atoms with Crippen molar-refractivity contribution >= 4 is 5.78 Å². The predicted octanol–water partition coefficient (Wildman–Crippen LogP) is 2.55. The molecule has 6 nitrogen and oxygen atoms in total. The quantitative estimate of drug-likeness (QED) is 0.842. The Kier molecular flexibility index (Phi) is 4.34. The predicted molar refractivity (Wildman–Crippen MR) is 81.8 cm³/mol. The van der Waals surface area contributed by atoms with Gasteiger partial charge in [-0.1, -0.05) is 6.07 Å². The van der Waals surface area contributed by atoms with E-state index in [0.29, 0.717) is 23.7 Å². The molecule has 2 aliphatic rings. The minimum atomic E-state index is -0.177. The van der Waals surface area contributed by atoms with Crippen molar-refractivity contribution in [3.05, 3.63) is 59.5 Å². The van der Waals surface area contributed by atoms with Gasteiger partial charge in [0.05, 0.1) is 13.2 Å². The van der Waals surface area contributed by atoms with Crippen molar-refractivity contribution in [1.29, 1.82) is 0 Å². The van der Waals surface area contributed by atoms with E-state index in [1.807, 2.05) is 25.1 Å². The second kappa shape index (κ2) is 6.58. The molecule has 1 aliphatic heterocycles. The summed E-state index contributed by atoms with van der Waals surface area (Å²) < 4.78 is 15.8. The average Bonchev–Trinajstić information content (AvgIpc) is 2.98. The van der Waals surface area contributed by atoms with Crippen LogP contribution in [0, 0.1) is 0 Å². The summed E-state index contributed by atoms with van der Waals surface area (Å²) in [6, 6.07) is 5.49. The van der Waals surface area contributed by atoms with Crippen LogP contribution in [0.2, 0.25) is 0 Å². The molecule has 1 aromatic carbocycles. The Labute approximate surface area is 133 Å². The third kappa shape index (κ3) is 3.54. The molecule has 120 valence electrons. The molecule has 0 amide bonds. The lowest BCUT2D eigenvalue weighted by atomic mass is 10.1. The fraction of sp³-hybridized carbons (Fsp3) is 0.235. The highest BCUT2D eigenvalue weighted by Crippen LogP contribution is 2.32. The van der Waals surface area contributed by atoms with E-state index in [9.17, 15) is 10.0 Å². The van der Waals surface area contributed by atoms with Crippen LogP contribution in [-0.2, 0) is 16.1 Å². The number of fused-ring (bicyclic) bond motifs is 1. The van der Waals surface area contributed by atoms with Crippen molar-refractivity contribution in [3.8, 4) is 11.5 Å². The Balaban J connectivity index is 1.70. The number of rotatable bonds is 5. The molecular weight excluding hydrogens is 298 g/mol. The van der Waals surface area contributed by atoms with Gasteiger partial charge >= 0.3 is 0 Å². The summed E-state index contributed by atoms with van der Waals surface area (Å²) in [5, 5.41) is 11.1. The molecule has 0 fully saturated rings. The van der Waals surface area contributed by atoms with E-state index < -0.39 is 0 Å². The van der Waals surface area contributed by atoms with E-state index in [1.165, 1.54) is 12.3 Å². The largest absolute Gasteiger partial charge is 0.490 e. The van der Waals surface area contributed by atoms with Crippen molar-refractivity contribution in [2.75, 3.05) is 13.4 Å². The maximum atomic E-state index is 11.6. The van der Waals surface area contributed by atoms with Crippen LogP contribution in [0.25, 0.3) is 0 Å². The minimum Gasteiger partial charge on any atom is -0.490 e. The first-order valence-electron chi connectivity index (χ1n) is 7.28. The number of hydrogen-bond donors (Lipinski definition) is 1. The van der Waals surface area contributed by atoms with Crippen LogP contribution in [0.1, 0.15) is 12.5 Å². The fourth-order valence-corrected chi connectivity index (χ4v) is 2.32. The second-order valence-electron chi connectivity index (χ2n) is 5.05. The van der Waals surface area contributed by atoms with Gasteiger partial charge in [0.15, 0.2) is 17.3 Å². The summed E-state index contributed by atoms with van der Waals surface area (Å²) in [5.74, 6) is 1.47. The van der Waals surface area contributed by atoms with Crippen molar-refractivity contribution in [2.45, 2.75) is 13.5 Å². The first-order valence-corrected chi connectivity index (χ1v) is 7.28. The Bertz CT molecular complexity index is 705. The van der Waals surface area contributed by atoms with Gasteiger partial charge in [-0.15, -0.1) is 0 Å². The highest BCUT2D eigenvalue weighted by molar-refractivity contribution is 6.04. The van der Waals surface area contributed by atoms with Crippen LogP contribution in [0.15, 0.2) is 54.0 Å². The lowest BCUT2D eigenvalue weighted by Gasteiger charge is -2.15. The maximum Gasteiger partial charge on any atom is 0.231 e. The van der Waals surface area contributed by atoms with Crippen LogP contribution in [0.3, 0.4) is 0 Å². The van der Waals surface area contributed by atoms with Crippen LogP contribution in [0.4, 0.5) is 0 Å². The minimum absolute atomic E-state index is 0.177. The van der Waals surface area contributed by atoms with Crippen LogP contribution >= 0.6 is 0 Å². The zero-order valence-corrected chi connectivity index (χ0v) is 12.7. The molecule has 6 heteroatoms. The zero-order valence-electron chi connectivity index (χ0n) is 12.7. The lowest BCUT2D eigenvalue weighted by Crippen LogP contribution is -2.13. The molecule has 0 radical (unpaired) electrons. The van der Waals surface area contributed by atoms with E-state index >= 15 is 0 Å². The molecule has 23 heavy (non-hydrogen) atoms. The number of benzene rings is 1. The van der Waals surface area contributed by atoms with Crippen molar-refractivity contribution in [3.63, 3.8) is 0 Å². The second-order valence-corrected chi connectivity index (χ2v) is 5.05. The molecule has 0 saturated carbocycles. The molecule has 0 unspecified atom stereocenters. The molecule has 1 N–H and O–H groups in total. The Morgan fingerprint density at radius 1 is 1.30 bits per heavy atom. The average molecular weight is 315 g/mol. The molecule has 0 saturated heterocycles. The highest BCUT2D eigenvalue weighted by Gasteiger charge is 2.15. The number of hydrogen-bond acceptors (Lipinski definition) is 6. The van der Waals surface area contributed by atoms with Gasteiger partial charge in [0.1, 0.15) is 0 Å². The number of ketones is 1. The van der Waals surface area contributed by atoms with Gasteiger partial charge in [0.2, 0.25) is 12.6 Å². The van der Waals surface area contributed by atoms with Crippen molar-refractivity contribution in [2.24, 2.45) is 0 Å².